The topological polar surface area (TPSA) is 50.4 Å². The number of rotatable bonds is 5. The molecule has 4 aliphatic rings. The van der Waals surface area contributed by atoms with Crippen LogP contribution in [0.3, 0.4) is 0 Å². The molecule has 5 rings (SSSR count). The minimum absolute atomic E-state index is 0.138. The normalized spacial score (nSPS) is 32.2. The number of halogens is 1. The van der Waals surface area contributed by atoms with Crippen molar-refractivity contribution >= 4 is 17.6 Å². The Hall–Kier alpha value is -1.42. The predicted octanol–water partition coefficient (Wildman–Crippen LogP) is 5.20. The SMILES string of the molecule is Cc1cc(OCNC(=O)NC(C)C23CC4CC(CC(C4)C2)C3)cc(C)c1Cl. The van der Waals surface area contributed by atoms with Gasteiger partial charge >= 0.3 is 6.03 Å². The smallest absolute Gasteiger partial charge is 0.317 e. The monoisotopic (exact) mass is 390 g/mol. The summed E-state index contributed by atoms with van der Waals surface area (Å²) in [5, 5.41) is 6.81. The number of nitrogens with one attached hydrogen (secondary N) is 2. The van der Waals surface area contributed by atoms with E-state index in [9.17, 15) is 4.79 Å². The summed E-state index contributed by atoms with van der Waals surface area (Å²) >= 11 is 6.18. The molecule has 0 radical (unpaired) electrons. The summed E-state index contributed by atoms with van der Waals surface area (Å²) in [5.41, 5.74) is 2.27. The molecule has 27 heavy (non-hydrogen) atoms. The molecule has 0 heterocycles. The molecule has 2 N–H and O–H groups in total. The van der Waals surface area contributed by atoms with Gasteiger partial charge in [0, 0.05) is 11.1 Å². The number of benzene rings is 1. The predicted molar refractivity (Wildman–Crippen MR) is 108 cm³/mol. The van der Waals surface area contributed by atoms with Crippen molar-refractivity contribution in [2.45, 2.75) is 65.3 Å². The fourth-order valence-electron chi connectivity index (χ4n) is 6.28. The largest absolute Gasteiger partial charge is 0.473 e. The standard InChI is InChI=1S/C22H31ClN2O2/c1-13-4-19(5-14(2)20(13)23)27-12-24-21(26)25-15(3)22-9-16-6-17(10-22)8-18(7-16)11-22/h4-5,15-18H,6-12H2,1-3H3,(H2,24,25,26). The van der Waals surface area contributed by atoms with Crippen LogP contribution >= 0.6 is 11.6 Å². The molecule has 0 aromatic heterocycles. The highest BCUT2D eigenvalue weighted by atomic mass is 35.5. The van der Waals surface area contributed by atoms with E-state index in [0.29, 0.717) is 5.41 Å². The third-order valence-electron chi connectivity index (χ3n) is 7.23. The van der Waals surface area contributed by atoms with Crippen LogP contribution in [-0.4, -0.2) is 18.8 Å². The second-order valence-corrected chi connectivity index (χ2v) is 9.69. The van der Waals surface area contributed by atoms with Gasteiger partial charge in [0.1, 0.15) is 5.75 Å². The molecule has 4 nitrogen and oxygen atoms in total. The van der Waals surface area contributed by atoms with Gasteiger partial charge in [-0.2, -0.15) is 0 Å². The maximum Gasteiger partial charge on any atom is 0.317 e. The van der Waals surface area contributed by atoms with E-state index in [-0.39, 0.29) is 18.8 Å². The highest BCUT2D eigenvalue weighted by Gasteiger charge is 2.53. The van der Waals surface area contributed by atoms with Gasteiger partial charge in [-0.25, -0.2) is 4.79 Å². The third-order valence-corrected chi connectivity index (χ3v) is 7.83. The molecule has 4 fully saturated rings. The van der Waals surface area contributed by atoms with Crippen molar-refractivity contribution in [3.05, 3.63) is 28.3 Å². The fraction of sp³-hybridized carbons (Fsp3) is 0.682. The van der Waals surface area contributed by atoms with Gasteiger partial charge < -0.3 is 15.4 Å². The highest BCUT2D eigenvalue weighted by molar-refractivity contribution is 6.32. The van der Waals surface area contributed by atoms with Crippen LogP contribution in [0.5, 0.6) is 5.75 Å². The number of hydrogen-bond donors (Lipinski definition) is 2. The number of ether oxygens (including phenoxy) is 1. The van der Waals surface area contributed by atoms with E-state index < -0.39 is 0 Å². The maximum atomic E-state index is 12.4. The van der Waals surface area contributed by atoms with E-state index in [0.717, 1.165) is 39.7 Å². The molecule has 2 amide bonds. The molecule has 4 saturated carbocycles. The number of urea groups is 1. The first-order valence-electron chi connectivity index (χ1n) is 10.3. The van der Waals surface area contributed by atoms with Crippen LogP contribution in [0.25, 0.3) is 0 Å². The fourth-order valence-corrected chi connectivity index (χ4v) is 6.39. The maximum absolute atomic E-state index is 12.4. The summed E-state index contributed by atoms with van der Waals surface area (Å²) in [6.45, 7) is 6.25. The molecule has 1 unspecified atom stereocenters. The molecule has 5 heteroatoms. The molecule has 1 atom stereocenters. The summed E-state index contributed by atoms with van der Waals surface area (Å²) in [6, 6.07) is 3.87. The zero-order valence-corrected chi connectivity index (χ0v) is 17.4. The van der Waals surface area contributed by atoms with Gasteiger partial charge in [-0.15, -0.1) is 0 Å². The molecule has 1 aromatic rings. The van der Waals surface area contributed by atoms with Crippen LogP contribution in [0, 0.1) is 37.0 Å². The van der Waals surface area contributed by atoms with Crippen LogP contribution in [0.15, 0.2) is 12.1 Å². The minimum atomic E-state index is -0.138. The molecule has 0 saturated heterocycles. The summed E-state index contributed by atoms with van der Waals surface area (Å²) in [7, 11) is 0. The second kappa shape index (κ2) is 7.20. The van der Waals surface area contributed by atoms with Gasteiger partial charge in [0.15, 0.2) is 6.73 Å². The van der Waals surface area contributed by atoms with Crippen LogP contribution in [0.4, 0.5) is 4.79 Å². The van der Waals surface area contributed by atoms with Crippen molar-refractivity contribution in [1.82, 2.24) is 10.6 Å². The first kappa shape index (κ1) is 18.9. The van der Waals surface area contributed by atoms with Gasteiger partial charge in [-0.05, 0) is 106 Å². The quantitative estimate of drug-likeness (QED) is 0.679. The first-order valence-corrected chi connectivity index (χ1v) is 10.7. The van der Waals surface area contributed by atoms with Crippen molar-refractivity contribution < 1.29 is 9.53 Å². The second-order valence-electron chi connectivity index (χ2n) is 9.31. The van der Waals surface area contributed by atoms with Crippen LogP contribution in [0.1, 0.15) is 56.6 Å². The third kappa shape index (κ3) is 3.78. The lowest BCUT2D eigenvalue weighted by Crippen LogP contribution is -2.57. The summed E-state index contributed by atoms with van der Waals surface area (Å²) in [5.74, 6) is 3.40. The van der Waals surface area contributed by atoms with E-state index >= 15 is 0 Å². The van der Waals surface area contributed by atoms with Crippen molar-refractivity contribution in [1.29, 1.82) is 0 Å². The Kier molecular flexibility index (Phi) is 5.04. The molecule has 1 aromatic carbocycles. The molecule has 0 spiro atoms. The van der Waals surface area contributed by atoms with Crippen molar-refractivity contribution in [2.24, 2.45) is 23.2 Å². The van der Waals surface area contributed by atoms with Crippen LogP contribution in [-0.2, 0) is 0 Å². The van der Waals surface area contributed by atoms with Crippen LogP contribution < -0.4 is 15.4 Å². The zero-order chi connectivity index (χ0) is 19.2. The van der Waals surface area contributed by atoms with Gasteiger partial charge in [0.25, 0.3) is 0 Å². The van der Waals surface area contributed by atoms with E-state index in [1.54, 1.807) is 0 Å². The highest BCUT2D eigenvalue weighted by Crippen LogP contribution is 2.61. The van der Waals surface area contributed by atoms with Gasteiger partial charge in [0.05, 0.1) is 0 Å². The summed E-state index contributed by atoms with van der Waals surface area (Å²) < 4.78 is 5.69. The number of carbonyl (C=O) groups excluding carboxylic acids is 1. The molecule has 4 aliphatic carbocycles. The summed E-state index contributed by atoms with van der Waals surface area (Å²) in [4.78, 5) is 12.4. The van der Waals surface area contributed by atoms with Crippen molar-refractivity contribution in [3.63, 3.8) is 0 Å². The Balaban J connectivity index is 1.28. The van der Waals surface area contributed by atoms with Crippen molar-refractivity contribution in [2.75, 3.05) is 6.73 Å². The molecular formula is C22H31ClN2O2. The molecule has 0 aliphatic heterocycles. The number of amides is 2. The summed E-state index contributed by atoms with van der Waals surface area (Å²) in [6.07, 6.45) is 8.14. The van der Waals surface area contributed by atoms with Gasteiger partial charge in [-0.3, -0.25) is 0 Å². The van der Waals surface area contributed by atoms with E-state index in [4.69, 9.17) is 16.3 Å². The average molecular weight is 391 g/mol. The van der Waals surface area contributed by atoms with E-state index in [1.807, 2.05) is 26.0 Å². The lowest BCUT2D eigenvalue weighted by Gasteiger charge is -2.59. The van der Waals surface area contributed by atoms with Gasteiger partial charge in [0.2, 0.25) is 0 Å². The number of carbonyl (C=O) groups is 1. The lowest BCUT2D eigenvalue weighted by atomic mass is 9.48. The molecule has 4 bridgehead atoms. The molecular weight excluding hydrogens is 360 g/mol. The molecule has 148 valence electrons. The Morgan fingerprint density at radius 3 is 2.19 bits per heavy atom. The lowest BCUT2D eigenvalue weighted by molar-refractivity contribution is -0.0682. The Morgan fingerprint density at radius 1 is 1.15 bits per heavy atom. The number of aryl methyl sites for hydroxylation is 2. The Morgan fingerprint density at radius 2 is 1.67 bits per heavy atom. The van der Waals surface area contributed by atoms with Crippen LogP contribution in [0.2, 0.25) is 5.02 Å². The Labute approximate surface area is 167 Å². The first-order chi connectivity index (χ1) is 12.8. The average Bonchev–Trinajstić information content (AvgIpc) is 2.58. The zero-order valence-electron chi connectivity index (χ0n) is 16.6. The number of hydrogen-bond acceptors (Lipinski definition) is 2. The van der Waals surface area contributed by atoms with Gasteiger partial charge in [-0.1, -0.05) is 11.6 Å². The Bertz CT molecular complexity index is 675. The van der Waals surface area contributed by atoms with E-state index in [1.165, 1.54) is 38.5 Å². The van der Waals surface area contributed by atoms with E-state index in [2.05, 4.69) is 17.6 Å². The van der Waals surface area contributed by atoms with Crippen molar-refractivity contribution in [3.8, 4) is 5.75 Å². The minimum Gasteiger partial charge on any atom is -0.473 e.